The molecule has 0 aromatic heterocycles. The highest BCUT2D eigenvalue weighted by Gasteiger charge is 2.16. The molecule has 0 saturated heterocycles. The third-order valence-corrected chi connectivity index (χ3v) is 1.70. The third kappa shape index (κ3) is 3.01. The molecule has 0 atom stereocenters. The van der Waals surface area contributed by atoms with Gasteiger partial charge in [-0.05, 0) is 25.7 Å². The lowest BCUT2D eigenvalue weighted by molar-refractivity contribution is 0.236. The van der Waals surface area contributed by atoms with Crippen LogP contribution in [-0.2, 0) is 0 Å². The first-order valence-corrected chi connectivity index (χ1v) is 3.18. The highest BCUT2D eigenvalue weighted by Crippen LogP contribution is 2.18. The van der Waals surface area contributed by atoms with Gasteiger partial charge in [0.25, 0.3) is 0 Å². The van der Waals surface area contributed by atoms with Gasteiger partial charge in [-0.1, -0.05) is 0 Å². The molecule has 1 aliphatic rings. The summed E-state index contributed by atoms with van der Waals surface area (Å²) in [6, 6.07) is 0.280. The first-order valence-electron chi connectivity index (χ1n) is 3.18. The van der Waals surface area contributed by atoms with Crippen molar-refractivity contribution in [1.82, 2.24) is 0 Å². The summed E-state index contributed by atoms with van der Waals surface area (Å²) in [6.07, 6.45) is 2.56. The monoisotopic (exact) mass is 153 g/mol. The summed E-state index contributed by atoms with van der Waals surface area (Å²) in [6.45, 7) is 0. The van der Waals surface area contributed by atoms with Crippen molar-refractivity contribution in [3.63, 3.8) is 0 Å². The van der Waals surface area contributed by atoms with Gasteiger partial charge >= 0.3 is 0 Å². The molecule has 9 heavy (non-hydrogen) atoms. The number of halogens is 2. The first-order chi connectivity index (χ1) is 3.79. The summed E-state index contributed by atoms with van der Waals surface area (Å²) in [5.41, 5.74) is 5.53. The minimum absolute atomic E-state index is 0. The molecule has 0 aliphatic heterocycles. The zero-order valence-corrected chi connectivity index (χ0v) is 6.16. The molecule has 1 fully saturated rings. The van der Waals surface area contributed by atoms with Gasteiger partial charge in [0.2, 0.25) is 0 Å². The van der Waals surface area contributed by atoms with Gasteiger partial charge in [0.1, 0.15) is 6.17 Å². The van der Waals surface area contributed by atoms with Crippen LogP contribution in [0.5, 0.6) is 0 Å². The Morgan fingerprint density at radius 2 is 1.56 bits per heavy atom. The van der Waals surface area contributed by atoms with Crippen LogP contribution in [0.15, 0.2) is 0 Å². The van der Waals surface area contributed by atoms with Crippen molar-refractivity contribution >= 4 is 12.4 Å². The van der Waals surface area contributed by atoms with E-state index in [1.54, 1.807) is 0 Å². The minimum atomic E-state index is -0.560. The average molecular weight is 154 g/mol. The molecule has 0 amide bonds. The van der Waals surface area contributed by atoms with E-state index >= 15 is 0 Å². The zero-order chi connectivity index (χ0) is 5.98. The smallest absolute Gasteiger partial charge is 0.100 e. The van der Waals surface area contributed by atoms with E-state index in [2.05, 4.69) is 0 Å². The van der Waals surface area contributed by atoms with Crippen LogP contribution in [-0.4, -0.2) is 12.2 Å². The Kier molecular flexibility index (Phi) is 4.15. The largest absolute Gasteiger partial charge is 0.328 e. The summed E-state index contributed by atoms with van der Waals surface area (Å²) < 4.78 is 12.3. The van der Waals surface area contributed by atoms with E-state index in [-0.39, 0.29) is 18.4 Å². The lowest BCUT2D eigenvalue weighted by atomic mass is 9.95. The highest BCUT2D eigenvalue weighted by atomic mass is 35.5. The third-order valence-electron chi connectivity index (χ3n) is 1.70. The fraction of sp³-hybridized carbons (Fsp3) is 1.00. The summed E-state index contributed by atoms with van der Waals surface area (Å²) >= 11 is 0. The van der Waals surface area contributed by atoms with E-state index in [9.17, 15) is 4.39 Å². The van der Waals surface area contributed by atoms with Crippen LogP contribution in [0.3, 0.4) is 0 Å². The molecule has 1 aliphatic carbocycles. The summed E-state index contributed by atoms with van der Waals surface area (Å²) in [4.78, 5) is 0. The first kappa shape index (κ1) is 9.18. The van der Waals surface area contributed by atoms with E-state index in [0.717, 1.165) is 12.8 Å². The number of hydrogen-bond donors (Lipinski definition) is 1. The standard InChI is InChI=1S/C6H12FN.ClH/c7-5-1-3-6(8)4-2-5;/h5-6H,1-4,8H2;1H. The maximum atomic E-state index is 12.3. The van der Waals surface area contributed by atoms with E-state index in [0.29, 0.717) is 12.8 Å². The average Bonchev–Trinajstić information content (AvgIpc) is 1.77. The summed E-state index contributed by atoms with van der Waals surface area (Å²) in [5, 5.41) is 0. The second kappa shape index (κ2) is 4.07. The van der Waals surface area contributed by atoms with E-state index < -0.39 is 6.17 Å². The molecular weight excluding hydrogens is 141 g/mol. The van der Waals surface area contributed by atoms with Crippen LogP contribution in [0, 0.1) is 0 Å². The van der Waals surface area contributed by atoms with Crippen LogP contribution in [0.2, 0.25) is 0 Å². The van der Waals surface area contributed by atoms with Gasteiger partial charge in [0.05, 0.1) is 0 Å². The fourth-order valence-electron chi connectivity index (χ4n) is 1.08. The maximum absolute atomic E-state index is 12.3. The summed E-state index contributed by atoms with van der Waals surface area (Å²) in [7, 11) is 0. The zero-order valence-electron chi connectivity index (χ0n) is 5.35. The Morgan fingerprint density at radius 3 is 1.89 bits per heavy atom. The normalized spacial score (nSPS) is 35.3. The van der Waals surface area contributed by atoms with Gasteiger partial charge in [-0.25, -0.2) is 4.39 Å². The molecule has 0 bridgehead atoms. The fourth-order valence-corrected chi connectivity index (χ4v) is 1.08. The van der Waals surface area contributed by atoms with Crippen LogP contribution < -0.4 is 5.73 Å². The van der Waals surface area contributed by atoms with Gasteiger partial charge in [-0.3, -0.25) is 0 Å². The Morgan fingerprint density at radius 1 is 1.11 bits per heavy atom. The lowest BCUT2D eigenvalue weighted by Gasteiger charge is -2.19. The van der Waals surface area contributed by atoms with Crippen molar-refractivity contribution in [2.75, 3.05) is 0 Å². The second-order valence-corrected chi connectivity index (χ2v) is 2.51. The quantitative estimate of drug-likeness (QED) is 0.563. The number of hydrogen-bond acceptors (Lipinski definition) is 1. The highest BCUT2D eigenvalue weighted by molar-refractivity contribution is 5.85. The van der Waals surface area contributed by atoms with Gasteiger partial charge in [-0.2, -0.15) is 0 Å². The van der Waals surface area contributed by atoms with Crippen LogP contribution in [0.4, 0.5) is 4.39 Å². The predicted molar refractivity (Wildman–Crippen MR) is 38.6 cm³/mol. The Balaban J connectivity index is 0.000000640. The molecule has 0 heterocycles. The molecular formula is C6H13ClFN. The van der Waals surface area contributed by atoms with Crippen molar-refractivity contribution in [3.05, 3.63) is 0 Å². The van der Waals surface area contributed by atoms with E-state index in [1.807, 2.05) is 0 Å². The SMILES string of the molecule is Cl.NC1CCC(F)CC1. The maximum Gasteiger partial charge on any atom is 0.100 e. The molecule has 2 N–H and O–H groups in total. The van der Waals surface area contributed by atoms with Gasteiger partial charge in [0, 0.05) is 6.04 Å². The molecule has 3 heteroatoms. The van der Waals surface area contributed by atoms with Crippen molar-refractivity contribution in [1.29, 1.82) is 0 Å². The molecule has 56 valence electrons. The molecule has 0 unspecified atom stereocenters. The molecule has 1 nitrogen and oxygen atoms in total. The Bertz CT molecular complexity index is 61.5. The van der Waals surface area contributed by atoms with Crippen molar-refractivity contribution < 1.29 is 4.39 Å². The topological polar surface area (TPSA) is 26.0 Å². The van der Waals surface area contributed by atoms with Gasteiger partial charge in [0.15, 0.2) is 0 Å². The van der Waals surface area contributed by atoms with Crippen LogP contribution in [0.1, 0.15) is 25.7 Å². The minimum Gasteiger partial charge on any atom is -0.328 e. The van der Waals surface area contributed by atoms with E-state index in [1.165, 1.54) is 0 Å². The number of alkyl halides is 1. The van der Waals surface area contributed by atoms with Crippen molar-refractivity contribution in [2.45, 2.75) is 37.9 Å². The Hall–Kier alpha value is 0.180. The lowest BCUT2D eigenvalue weighted by Crippen LogP contribution is -2.26. The molecule has 0 aromatic carbocycles. The molecule has 0 aromatic rings. The Labute approximate surface area is 61.2 Å². The molecule has 0 radical (unpaired) electrons. The van der Waals surface area contributed by atoms with Crippen LogP contribution in [0.25, 0.3) is 0 Å². The predicted octanol–water partition coefficient (Wildman–Crippen LogP) is 1.65. The van der Waals surface area contributed by atoms with Gasteiger partial charge in [-0.15, -0.1) is 12.4 Å². The second-order valence-electron chi connectivity index (χ2n) is 2.51. The van der Waals surface area contributed by atoms with Gasteiger partial charge < -0.3 is 5.73 Å². The van der Waals surface area contributed by atoms with E-state index in [4.69, 9.17) is 5.73 Å². The van der Waals surface area contributed by atoms with Crippen molar-refractivity contribution in [3.8, 4) is 0 Å². The number of rotatable bonds is 0. The summed E-state index contributed by atoms with van der Waals surface area (Å²) in [5.74, 6) is 0. The van der Waals surface area contributed by atoms with Crippen molar-refractivity contribution in [2.24, 2.45) is 5.73 Å². The molecule has 1 rings (SSSR count). The molecule has 1 saturated carbocycles. The van der Waals surface area contributed by atoms with Crippen LogP contribution >= 0.6 is 12.4 Å². The molecule has 0 spiro atoms. The number of nitrogens with two attached hydrogens (primary N) is 1.